The highest BCUT2D eigenvalue weighted by Crippen LogP contribution is 2.21. The van der Waals surface area contributed by atoms with Gasteiger partial charge in [0.25, 0.3) is 11.6 Å². The van der Waals surface area contributed by atoms with Crippen LogP contribution in [-0.2, 0) is 0 Å². The fourth-order valence-electron chi connectivity index (χ4n) is 1.58. The molecule has 0 spiro atoms. The third-order valence-electron chi connectivity index (χ3n) is 2.76. The van der Waals surface area contributed by atoms with Crippen LogP contribution in [0.3, 0.4) is 0 Å². The Balaban J connectivity index is 2.99. The summed E-state index contributed by atoms with van der Waals surface area (Å²) in [5.41, 5.74) is 0.624. The maximum atomic E-state index is 12.0. The zero-order valence-corrected chi connectivity index (χ0v) is 11.0. The first-order valence-corrected chi connectivity index (χ1v) is 6.15. The Labute approximate surface area is 110 Å². The van der Waals surface area contributed by atoms with Gasteiger partial charge in [0, 0.05) is 29.1 Å². The van der Waals surface area contributed by atoms with E-state index < -0.39 is 4.92 Å². The molecular formula is C12H15ClN2O3. The number of carbonyl (C=O) groups is 1. The number of nitro benzene ring substituents is 1. The highest BCUT2D eigenvalue weighted by Gasteiger charge is 2.19. The van der Waals surface area contributed by atoms with Gasteiger partial charge in [0.1, 0.15) is 0 Å². The van der Waals surface area contributed by atoms with Crippen LogP contribution in [0, 0.1) is 17.0 Å². The molecule has 0 aliphatic heterocycles. The van der Waals surface area contributed by atoms with E-state index in [1.807, 2.05) is 6.92 Å². The molecule has 0 aliphatic rings. The SMILES string of the molecule is CCC(CCl)NC(=O)c1cccc([N+](=O)[O-])c1C. The molecule has 0 heterocycles. The van der Waals surface area contributed by atoms with Gasteiger partial charge in [-0.15, -0.1) is 11.6 Å². The number of nitrogens with one attached hydrogen (secondary N) is 1. The first-order valence-electron chi connectivity index (χ1n) is 5.62. The number of nitro groups is 1. The van der Waals surface area contributed by atoms with Gasteiger partial charge < -0.3 is 5.32 Å². The molecule has 1 N–H and O–H groups in total. The highest BCUT2D eigenvalue weighted by atomic mass is 35.5. The van der Waals surface area contributed by atoms with Crippen molar-refractivity contribution in [1.82, 2.24) is 5.32 Å². The number of hydrogen-bond acceptors (Lipinski definition) is 3. The lowest BCUT2D eigenvalue weighted by Crippen LogP contribution is -2.36. The lowest BCUT2D eigenvalue weighted by molar-refractivity contribution is -0.385. The molecular weight excluding hydrogens is 256 g/mol. The molecule has 0 aromatic heterocycles. The zero-order chi connectivity index (χ0) is 13.7. The smallest absolute Gasteiger partial charge is 0.273 e. The second kappa shape index (κ2) is 6.35. The van der Waals surface area contributed by atoms with Gasteiger partial charge in [-0.3, -0.25) is 14.9 Å². The normalized spacial score (nSPS) is 11.9. The Morgan fingerprint density at radius 1 is 1.56 bits per heavy atom. The van der Waals surface area contributed by atoms with Crippen LogP contribution in [0.4, 0.5) is 5.69 Å². The number of nitrogens with zero attached hydrogens (tertiary/aromatic N) is 1. The Bertz CT molecular complexity index is 459. The number of amides is 1. The van der Waals surface area contributed by atoms with Gasteiger partial charge in [0.2, 0.25) is 0 Å². The predicted octanol–water partition coefficient (Wildman–Crippen LogP) is 2.65. The third kappa shape index (κ3) is 3.20. The molecule has 1 rings (SSSR count). The first kappa shape index (κ1) is 14.4. The monoisotopic (exact) mass is 270 g/mol. The fraction of sp³-hybridized carbons (Fsp3) is 0.417. The van der Waals surface area contributed by atoms with Crippen molar-refractivity contribution in [3.63, 3.8) is 0 Å². The van der Waals surface area contributed by atoms with Crippen molar-refractivity contribution in [2.24, 2.45) is 0 Å². The zero-order valence-electron chi connectivity index (χ0n) is 10.3. The van der Waals surface area contributed by atoms with Gasteiger partial charge in [-0.25, -0.2) is 0 Å². The van der Waals surface area contributed by atoms with E-state index >= 15 is 0 Å². The van der Waals surface area contributed by atoms with Gasteiger partial charge in [0.05, 0.1) is 4.92 Å². The summed E-state index contributed by atoms with van der Waals surface area (Å²) in [6.45, 7) is 3.47. The van der Waals surface area contributed by atoms with Crippen LogP contribution in [0.25, 0.3) is 0 Å². The lowest BCUT2D eigenvalue weighted by atomic mass is 10.1. The minimum absolute atomic E-state index is 0.0541. The van der Waals surface area contributed by atoms with Crippen LogP contribution >= 0.6 is 11.6 Å². The molecule has 0 saturated heterocycles. The summed E-state index contributed by atoms with van der Waals surface area (Å²) < 4.78 is 0. The largest absolute Gasteiger partial charge is 0.348 e. The number of benzene rings is 1. The molecule has 1 amide bonds. The molecule has 1 aromatic rings. The predicted molar refractivity (Wildman–Crippen MR) is 70.1 cm³/mol. The number of carbonyl (C=O) groups excluding carboxylic acids is 1. The molecule has 0 radical (unpaired) electrons. The van der Waals surface area contributed by atoms with E-state index in [1.165, 1.54) is 12.1 Å². The van der Waals surface area contributed by atoms with Crippen molar-refractivity contribution in [3.8, 4) is 0 Å². The van der Waals surface area contributed by atoms with Crippen LogP contribution in [-0.4, -0.2) is 22.8 Å². The fourth-order valence-corrected chi connectivity index (χ4v) is 1.88. The molecule has 1 aromatic carbocycles. The summed E-state index contributed by atoms with van der Waals surface area (Å²) >= 11 is 5.70. The first-order chi connectivity index (χ1) is 8.51. The van der Waals surface area contributed by atoms with Crippen molar-refractivity contribution in [2.75, 3.05) is 5.88 Å². The van der Waals surface area contributed by atoms with Crippen molar-refractivity contribution in [1.29, 1.82) is 0 Å². The third-order valence-corrected chi connectivity index (χ3v) is 3.13. The molecule has 0 saturated carbocycles. The number of halogens is 1. The van der Waals surface area contributed by atoms with Crippen LogP contribution in [0.2, 0.25) is 0 Å². The maximum absolute atomic E-state index is 12.0. The molecule has 0 aliphatic carbocycles. The van der Waals surface area contributed by atoms with E-state index in [-0.39, 0.29) is 17.6 Å². The molecule has 1 atom stereocenters. The Hall–Kier alpha value is -1.62. The van der Waals surface area contributed by atoms with Crippen LogP contribution in [0.5, 0.6) is 0 Å². The van der Waals surface area contributed by atoms with Crippen molar-refractivity contribution < 1.29 is 9.72 Å². The summed E-state index contributed by atoms with van der Waals surface area (Å²) in [5.74, 6) is -0.0142. The average molecular weight is 271 g/mol. The second-order valence-electron chi connectivity index (χ2n) is 3.94. The Morgan fingerprint density at radius 2 is 2.22 bits per heavy atom. The van der Waals surface area contributed by atoms with Gasteiger partial charge in [-0.2, -0.15) is 0 Å². The van der Waals surface area contributed by atoms with Gasteiger partial charge in [-0.1, -0.05) is 13.0 Å². The second-order valence-corrected chi connectivity index (χ2v) is 4.25. The van der Waals surface area contributed by atoms with Crippen molar-refractivity contribution in [2.45, 2.75) is 26.3 Å². The van der Waals surface area contributed by atoms with Crippen molar-refractivity contribution in [3.05, 3.63) is 39.4 Å². The van der Waals surface area contributed by atoms with E-state index in [2.05, 4.69) is 5.32 Å². The molecule has 18 heavy (non-hydrogen) atoms. The van der Waals surface area contributed by atoms with Gasteiger partial charge >= 0.3 is 0 Å². The number of alkyl halides is 1. The van der Waals surface area contributed by atoms with Gasteiger partial charge in [0.15, 0.2) is 0 Å². The van der Waals surface area contributed by atoms with Crippen molar-refractivity contribution >= 4 is 23.2 Å². The van der Waals surface area contributed by atoms with Crippen LogP contribution in [0.15, 0.2) is 18.2 Å². The average Bonchev–Trinajstić information content (AvgIpc) is 2.35. The number of hydrogen-bond donors (Lipinski definition) is 1. The molecule has 98 valence electrons. The maximum Gasteiger partial charge on any atom is 0.273 e. The minimum Gasteiger partial charge on any atom is -0.348 e. The van der Waals surface area contributed by atoms with Crippen LogP contribution in [0.1, 0.15) is 29.3 Å². The van der Waals surface area contributed by atoms with E-state index in [0.717, 1.165) is 0 Å². The summed E-state index contributed by atoms with van der Waals surface area (Å²) in [6.07, 6.45) is 0.712. The number of rotatable bonds is 5. The summed E-state index contributed by atoms with van der Waals surface area (Å²) in [5, 5.41) is 13.5. The standard InChI is InChI=1S/C12H15ClN2O3/c1-3-9(7-13)14-12(16)10-5-4-6-11(8(10)2)15(17)18/h4-6,9H,3,7H2,1-2H3,(H,14,16). The van der Waals surface area contributed by atoms with E-state index in [0.29, 0.717) is 23.4 Å². The van der Waals surface area contributed by atoms with Crippen LogP contribution < -0.4 is 5.32 Å². The summed E-state index contributed by atoms with van der Waals surface area (Å²) in [4.78, 5) is 22.3. The topological polar surface area (TPSA) is 72.2 Å². The van der Waals surface area contributed by atoms with E-state index in [1.54, 1.807) is 13.0 Å². The molecule has 6 heteroatoms. The highest BCUT2D eigenvalue weighted by molar-refractivity contribution is 6.18. The summed E-state index contributed by atoms with van der Waals surface area (Å²) in [6, 6.07) is 4.32. The molecule has 5 nitrogen and oxygen atoms in total. The van der Waals surface area contributed by atoms with E-state index in [9.17, 15) is 14.9 Å². The molecule has 1 unspecified atom stereocenters. The molecule has 0 fully saturated rings. The molecule has 0 bridgehead atoms. The van der Waals surface area contributed by atoms with E-state index in [4.69, 9.17) is 11.6 Å². The lowest BCUT2D eigenvalue weighted by Gasteiger charge is -2.14. The van der Waals surface area contributed by atoms with Gasteiger partial charge in [-0.05, 0) is 19.4 Å². The Kier molecular flexibility index (Phi) is 5.09. The summed E-state index contributed by atoms with van der Waals surface area (Å²) in [7, 11) is 0. The Morgan fingerprint density at radius 3 is 2.72 bits per heavy atom. The quantitative estimate of drug-likeness (QED) is 0.508. The minimum atomic E-state index is -0.495.